The van der Waals surface area contributed by atoms with Crippen molar-refractivity contribution < 1.29 is 19.1 Å². The highest BCUT2D eigenvalue weighted by Gasteiger charge is 2.42. The maximum absolute atomic E-state index is 12.4. The predicted molar refractivity (Wildman–Crippen MR) is 97.2 cm³/mol. The fourth-order valence-corrected chi connectivity index (χ4v) is 4.05. The van der Waals surface area contributed by atoms with Gasteiger partial charge in [0.1, 0.15) is 0 Å². The monoisotopic (exact) mass is 358 g/mol. The number of nitrogens with one attached hydrogen (secondary N) is 1. The van der Waals surface area contributed by atoms with Crippen molar-refractivity contribution in [2.24, 2.45) is 0 Å². The molecule has 1 spiro atoms. The molecule has 0 unspecified atom stereocenters. The summed E-state index contributed by atoms with van der Waals surface area (Å²) in [6.07, 6.45) is 8.73. The lowest BCUT2D eigenvalue weighted by Crippen LogP contribution is -2.40. The molecule has 1 N–H and O–H groups in total. The van der Waals surface area contributed by atoms with E-state index in [1.165, 1.54) is 6.42 Å². The maximum atomic E-state index is 12.4. The lowest BCUT2D eigenvalue weighted by molar-refractivity contribution is -0.134. The minimum absolute atomic E-state index is 0.0718. The quantitative estimate of drug-likeness (QED) is 0.898. The summed E-state index contributed by atoms with van der Waals surface area (Å²) in [7, 11) is 0. The van der Waals surface area contributed by atoms with Crippen molar-refractivity contribution in [2.45, 2.75) is 63.6 Å². The molecule has 4 rings (SSSR count). The molecule has 3 aliphatic rings. The van der Waals surface area contributed by atoms with Crippen LogP contribution in [0.4, 0.5) is 5.69 Å². The summed E-state index contributed by atoms with van der Waals surface area (Å²) in [4.78, 5) is 26.1. The van der Waals surface area contributed by atoms with Crippen LogP contribution in [0.5, 0.6) is 11.5 Å². The van der Waals surface area contributed by atoms with Gasteiger partial charge in [0.05, 0.1) is 6.54 Å². The molecule has 0 bridgehead atoms. The normalized spacial score (nSPS) is 21.5. The van der Waals surface area contributed by atoms with Crippen LogP contribution in [0.25, 0.3) is 0 Å². The first-order chi connectivity index (χ1) is 12.6. The van der Waals surface area contributed by atoms with E-state index in [0.717, 1.165) is 50.7 Å². The van der Waals surface area contributed by atoms with Gasteiger partial charge >= 0.3 is 0 Å². The highest BCUT2D eigenvalue weighted by atomic mass is 16.7. The van der Waals surface area contributed by atoms with Crippen molar-refractivity contribution in [1.82, 2.24) is 4.90 Å². The van der Waals surface area contributed by atoms with Crippen molar-refractivity contribution >= 4 is 17.5 Å². The largest absolute Gasteiger partial charge is 0.448 e. The highest BCUT2D eigenvalue weighted by Crippen LogP contribution is 2.46. The minimum atomic E-state index is -0.512. The van der Waals surface area contributed by atoms with E-state index in [0.29, 0.717) is 24.4 Å². The molecular weight excluding hydrogens is 332 g/mol. The zero-order chi connectivity index (χ0) is 18.0. The van der Waals surface area contributed by atoms with E-state index in [2.05, 4.69) is 5.32 Å². The zero-order valence-electron chi connectivity index (χ0n) is 15.1. The Balaban J connectivity index is 1.38. The third-order valence-corrected chi connectivity index (χ3v) is 5.44. The van der Waals surface area contributed by atoms with Crippen molar-refractivity contribution in [3.8, 4) is 11.5 Å². The second-order valence-corrected chi connectivity index (χ2v) is 7.51. The first-order valence-corrected chi connectivity index (χ1v) is 9.73. The highest BCUT2D eigenvalue weighted by molar-refractivity contribution is 5.94. The number of ether oxygens (including phenoxy) is 2. The van der Waals surface area contributed by atoms with E-state index in [9.17, 15) is 9.59 Å². The Labute approximate surface area is 153 Å². The molecule has 0 aromatic heterocycles. The molecule has 140 valence electrons. The van der Waals surface area contributed by atoms with Gasteiger partial charge in [-0.05, 0) is 37.8 Å². The molecular formula is C20H26N2O4. The van der Waals surface area contributed by atoms with Crippen LogP contribution in [0.3, 0.4) is 0 Å². The average Bonchev–Trinajstić information content (AvgIpc) is 2.84. The van der Waals surface area contributed by atoms with E-state index in [1.807, 2.05) is 18.2 Å². The molecule has 2 heterocycles. The van der Waals surface area contributed by atoms with Crippen LogP contribution >= 0.6 is 0 Å². The predicted octanol–water partition coefficient (Wildman–Crippen LogP) is 3.46. The number of carbonyl (C=O) groups excluding carboxylic acids is 2. The van der Waals surface area contributed by atoms with Crippen LogP contribution in [0.15, 0.2) is 18.2 Å². The number of hydrogen-bond acceptors (Lipinski definition) is 4. The molecule has 1 aliphatic carbocycles. The van der Waals surface area contributed by atoms with Gasteiger partial charge in [-0.1, -0.05) is 12.8 Å². The molecule has 6 heteroatoms. The lowest BCUT2D eigenvalue weighted by atomic mass is 9.94. The van der Waals surface area contributed by atoms with Gasteiger partial charge in [-0.15, -0.1) is 0 Å². The van der Waals surface area contributed by atoms with Gasteiger partial charge in [-0.3, -0.25) is 9.59 Å². The summed E-state index contributed by atoms with van der Waals surface area (Å²) in [5.41, 5.74) is 0.674. The van der Waals surface area contributed by atoms with Crippen LogP contribution < -0.4 is 14.8 Å². The van der Waals surface area contributed by atoms with E-state index in [-0.39, 0.29) is 18.4 Å². The SMILES string of the molecule is O=C(CN1CCCCCC1=O)Nc1ccc2c(c1)OC1(CCCCC1)O2. The van der Waals surface area contributed by atoms with Crippen LogP contribution in [0.1, 0.15) is 57.8 Å². The van der Waals surface area contributed by atoms with E-state index < -0.39 is 5.79 Å². The fourth-order valence-electron chi connectivity index (χ4n) is 4.05. The zero-order valence-corrected chi connectivity index (χ0v) is 15.1. The second kappa shape index (κ2) is 7.17. The lowest BCUT2D eigenvalue weighted by Gasteiger charge is -2.31. The number of rotatable bonds is 3. The molecule has 2 aliphatic heterocycles. The molecule has 1 saturated heterocycles. The van der Waals surface area contributed by atoms with Crippen LogP contribution in [0, 0.1) is 0 Å². The summed E-state index contributed by atoms with van der Waals surface area (Å²) in [6, 6.07) is 5.50. The van der Waals surface area contributed by atoms with Gasteiger partial charge in [-0.25, -0.2) is 0 Å². The average molecular weight is 358 g/mol. The number of likely N-dealkylation sites (tertiary alicyclic amines) is 1. The summed E-state index contributed by atoms with van der Waals surface area (Å²) in [5, 5.41) is 2.88. The molecule has 2 fully saturated rings. The molecule has 0 radical (unpaired) electrons. The molecule has 0 atom stereocenters. The summed E-state index contributed by atoms with van der Waals surface area (Å²) < 4.78 is 12.2. The summed E-state index contributed by atoms with van der Waals surface area (Å²) in [5.74, 6) is 0.819. The Morgan fingerprint density at radius 1 is 1.04 bits per heavy atom. The Bertz CT molecular complexity index is 697. The standard InChI is InChI=1S/C20H26N2O4/c23-18(14-22-12-6-1-3-7-19(22)24)21-15-8-9-16-17(13-15)26-20(25-16)10-4-2-5-11-20/h8-9,13H,1-7,10-12,14H2,(H,21,23). The molecule has 1 aromatic rings. The minimum Gasteiger partial charge on any atom is -0.448 e. The number of fused-ring (bicyclic) bond motifs is 1. The molecule has 26 heavy (non-hydrogen) atoms. The Morgan fingerprint density at radius 2 is 1.81 bits per heavy atom. The Hall–Kier alpha value is -2.24. The maximum Gasteiger partial charge on any atom is 0.251 e. The number of anilines is 1. The summed E-state index contributed by atoms with van der Waals surface area (Å²) in [6.45, 7) is 0.771. The number of nitrogens with zero attached hydrogens (tertiary/aromatic N) is 1. The topological polar surface area (TPSA) is 67.9 Å². The van der Waals surface area contributed by atoms with E-state index >= 15 is 0 Å². The van der Waals surface area contributed by atoms with Gasteiger partial charge in [0, 0.05) is 37.6 Å². The smallest absolute Gasteiger partial charge is 0.251 e. The van der Waals surface area contributed by atoms with Crippen molar-refractivity contribution in [2.75, 3.05) is 18.4 Å². The first-order valence-electron chi connectivity index (χ1n) is 9.73. The molecule has 1 aromatic carbocycles. The van der Waals surface area contributed by atoms with Gasteiger partial charge in [-0.2, -0.15) is 0 Å². The van der Waals surface area contributed by atoms with E-state index in [4.69, 9.17) is 9.47 Å². The third kappa shape index (κ3) is 3.64. The van der Waals surface area contributed by atoms with Crippen LogP contribution in [-0.2, 0) is 9.59 Å². The third-order valence-electron chi connectivity index (χ3n) is 5.44. The number of amides is 2. The van der Waals surface area contributed by atoms with Crippen LogP contribution in [0.2, 0.25) is 0 Å². The fraction of sp³-hybridized carbons (Fsp3) is 0.600. The first kappa shape index (κ1) is 17.2. The van der Waals surface area contributed by atoms with Gasteiger partial charge in [0.15, 0.2) is 11.5 Å². The molecule has 6 nitrogen and oxygen atoms in total. The van der Waals surface area contributed by atoms with Crippen molar-refractivity contribution in [1.29, 1.82) is 0 Å². The van der Waals surface area contributed by atoms with Gasteiger partial charge < -0.3 is 19.7 Å². The van der Waals surface area contributed by atoms with E-state index in [1.54, 1.807) is 4.90 Å². The molecule has 1 saturated carbocycles. The van der Waals surface area contributed by atoms with Gasteiger partial charge in [0.2, 0.25) is 11.8 Å². The van der Waals surface area contributed by atoms with Gasteiger partial charge in [0.25, 0.3) is 5.79 Å². The van der Waals surface area contributed by atoms with Crippen molar-refractivity contribution in [3.63, 3.8) is 0 Å². The number of carbonyl (C=O) groups is 2. The second-order valence-electron chi connectivity index (χ2n) is 7.51. The van der Waals surface area contributed by atoms with Crippen molar-refractivity contribution in [3.05, 3.63) is 18.2 Å². The Kier molecular flexibility index (Phi) is 4.74. The molecule has 2 amide bonds. The number of hydrogen-bond donors (Lipinski definition) is 1. The Morgan fingerprint density at radius 3 is 2.65 bits per heavy atom. The summed E-state index contributed by atoms with van der Waals surface area (Å²) >= 11 is 0. The number of benzene rings is 1. The van der Waals surface area contributed by atoms with Crippen LogP contribution in [-0.4, -0.2) is 35.6 Å².